The third kappa shape index (κ3) is 5.07. The fourth-order valence-corrected chi connectivity index (χ4v) is 4.53. The van der Waals surface area contributed by atoms with Gasteiger partial charge >= 0.3 is 0 Å². The van der Waals surface area contributed by atoms with Gasteiger partial charge in [-0.25, -0.2) is 13.1 Å². The Morgan fingerprint density at radius 2 is 2.00 bits per heavy atom. The van der Waals surface area contributed by atoms with Crippen molar-refractivity contribution >= 4 is 48.3 Å². The smallest absolute Gasteiger partial charge is 0.241 e. The summed E-state index contributed by atoms with van der Waals surface area (Å²) in [7, 11) is -3.67. The van der Waals surface area contributed by atoms with E-state index in [1.807, 2.05) is 13.8 Å². The van der Waals surface area contributed by atoms with E-state index in [1.54, 1.807) is 18.2 Å². The second-order valence-corrected chi connectivity index (χ2v) is 8.83. The van der Waals surface area contributed by atoms with Crippen molar-refractivity contribution in [3.05, 3.63) is 33.7 Å². The van der Waals surface area contributed by atoms with Crippen molar-refractivity contribution in [3.63, 3.8) is 0 Å². The molecular weight excluding hydrogens is 416 g/mol. The highest BCUT2D eigenvalue weighted by Crippen LogP contribution is 2.22. The van der Waals surface area contributed by atoms with Crippen LogP contribution in [0.2, 0.25) is 0 Å². The van der Waals surface area contributed by atoms with Gasteiger partial charge in [-0.15, -0.1) is 10.2 Å². The molecule has 0 unspecified atom stereocenters. The monoisotopic (exact) mass is 432 g/mol. The molecule has 0 aliphatic rings. The highest BCUT2D eigenvalue weighted by molar-refractivity contribution is 9.10. The molecule has 0 atom stereocenters. The number of nitrogens with zero attached hydrogens (tertiary/aromatic N) is 2. The van der Waals surface area contributed by atoms with Gasteiger partial charge in [0.2, 0.25) is 21.1 Å². The van der Waals surface area contributed by atoms with Crippen LogP contribution in [0.25, 0.3) is 0 Å². The Kier molecular flexibility index (Phi) is 6.44. The molecule has 0 saturated heterocycles. The van der Waals surface area contributed by atoms with Gasteiger partial charge < -0.3 is 5.32 Å². The Morgan fingerprint density at radius 3 is 2.62 bits per heavy atom. The third-order valence-electron chi connectivity index (χ3n) is 2.95. The lowest BCUT2D eigenvalue weighted by molar-refractivity contribution is -0.116. The highest BCUT2D eigenvalue weighted by atomic mass is 79.9. The molecule has 0 aliphatic carbocycles. The first-order chi connectivity index (χ1) is 11.3. The van der Waals surface area contributed by atoms with Crippen molar-refractivity contribution in [1.29, 1.82) is 0 Å². The van der Waals surface area contributed by atoms with Crippen LogP contribution in [0.4, 0.5) is 5.13 Å². The first-order valence-corrected chi connectivity index (χ1v) is 10.3. The zero-order chi connectivity index (χ0) is 17.7. The fourth-order valence-electron chi connectivity index (χ4n) is 1.74. The molecule has 2 N–H and O–H groups in total. The van der Waals surface area contributed by atoms with E-state index in [4.69, 9.17) is 0 Å². The normalized spacial score (nSPS) is 11.7. The van der Waals surface area contributed by atoms with Crippen molar-refractivity contribution in [2.24, 2.45) is 0 Å². The standard InChI is InChI=1S/C14H17BrN4O3S2/c1-9(2)13-18-19-14(23-13)17-12(20)7-8-16-24(21,22)11-6-4-3-5-10(11)15/h3-6,9,16H,7-8H2,1-2H3,(H,17,19,20). The van der Waals surface area contributed by atoms with Crippen LogP contribution >= 0.6 is 27.3 Å². The van der Waals surface area contributed by atoms with Crippen LogP contribution in [0.5, 0.6) is 0 Å². The molecule has 1 heterocycles. The van der Waals surface area contributed by atoms with E-state index in [2.05, 4.69) is 36.2 Å². The van der Waals surface area contributed by atoms with Gasteiger partial charge in [-0.1, -0.05) is 37.3 Å². The molecule has 7 nitrogen and oxygen atoms in total. The van der Waals surface area contributed by atoms with E-state index in [0.29, 0.717) is 9.60 Å². The lowest BCUT2D eigenvalue weighted by Gasteiger charge is -2.08. The average Bonchev–Trinajstić information content (AvgIpc) is 2.96. The number of hydrogen-bond acceptors (Lipinski definition) is 6. The van der Waals surface area contributed by atoms with E-state index in [1.165, 1.54) is 17.4 Å². The summed E-state index contributed by atoms with van der Waals surface area (Å²) in [6.45, 7) is 3.97. The predicted octanol–water partition coefficient (Wildman–Crippen LogP) is 2.73. The van der Waals surface area contributed by atoms with E-state index < -0.39 is 10.0 Å². The van der Waals surface area contributed by atoms with E-state index >= 15 is 0 Å². The summed E-state index contributed by atoms with van der Waals surface area (Å²) < 4.78 is 27.2. The van der Waals surface area contributed by atoms with Gasteiger partial charge in [-0.05, 0) is 28.1 Å². The zero-order valence-electron chi connectivity index (χ0n) is 13.1. The largest absolute Gasteiger partial charge is 0.300 e. The molecule has 10 heteroatoms. The minimum Gasteiger partial charge on any atom is -0.300 e. The van der Waals surface area contributed by atoms with Crippen LogP contribution < -0.4 is 10.0 Å². The van der Waals surface area contributed by atoms with Crippen LogP contribution in [-0.4, -0.2) is 31.1 Å². The Bertz CT molecular complexity index is 821. The van der Waals surface area contributed by atoms with Gasteiger partial charge in [0, 0.05) is 23.4 Å². The first-order valence-electron chi connectivity index (χ1n) is 7.17. The van der Waals surface area contributed by atoms with Gasteiger partial charge in [0.15, 0.2) is 0 Å². The summed E-state index contributed by atoms with van der Waals surface area (Å²) in [5.74, 6) is -0.0828. The van der Waals surface area contributed by atoms with Crippen molar-refractivity contribution < 1.29 is 13.2 Å². The van der Waals surface area contributed by atoms with Crippen molar-refractivity contribution in [2.75, 3.05) is 11.9 Å². The van der Waals surface area contributed by atoms with Crippen LogP contribution in [0.3, 0.4) is 0 Å². The predicted molar refractivity (Wildman–Crippen MR) is 96.6 cm³/mol. The number of nitrogens with one attached hydrogen (secondary N) is 2. The van der Waals surface area contributed by atoms with Gasteiger partial charge in [-0.3, -0.25) is 4.79 Å². The molecule has 1 aromatic heterocycles. The summed E-state index contributed by atoms with van der Waals surface area (Å²) >= 11 is 4.51. The average molecular weight is 433 g/mol. The molecule has 1 amide bonds. The molecule has 130 valence electrons. The molecule has 0 fully saturated rings. The molecule has 0 bridgehead atoms. The van der Waals surface area contributed by atoms with E-state index in [9.17, 15) is 13.2 Å². The fraction of sp³-hybridized carbons (Fsp3) is 0.357. The lowest BCUT2D eigenvalue weighted by Crippen LogP contribution is -2.28. The number of amides is 1. The van der Waals surface area contributed by atoms with Gasteiger partial charge in [0.1, 0.15) is 5.01 Å². The minimum absolute atomic E-state index is 0.000272. The Balaban J connectivity index is 1.87. The van der Waals surface area contributed by atoms with Gasteiger partial charge in [0.25, 0.3) is 0 Å². The summed E-state index contributed by atoms with van der Waals surface area (Å²) in [5.41, 5.74) is 0. The quantitative estimate of drug-likeness (QED) is 0.699. The molecule has 0 saturated carbocycles. The summed E-state index contributed by atoms with van der Waals surface area (Å²) in [6, 6.07) is 6.49. The first kappa shape index (κ1) is 19.0. The molecular formula is C14H17BrN4O3S2. The van der Waals surface area contributed by atoms with Crippen LogP contribution in [-0.2, 0) is 14.8 Å². The van der Waals surface area contributed by atoms with E-state index in [-0.39, 0.29) is 29.7 Å². The number of carbonyl (C=O) groups excluding carboxylic acids is 1. The molecule has 24 heavy (non-hydrogen) atoms. The maximum absolute atomic E-state index is 12.2. The second-order valence-electron chi connectivity index (χ2n) is 5.23. The highest BCUT2D eigenvalue weighted by Gasteiger charge is 2.17. The SMILES string of the molecule is CC(C)c1nnc(NC(=O)CCNS(=O)(=O)c2ccccc2Br)s1. The number of rotatable bonds is 7. The molecule has 2 rings (SSSR count). The summed E-state index contributed by atoms with van der Waals surface area (Å²) in [6.07, 6.45) is 0.000272. The minimum atomic E-state index is -3.67. The Labute approximate surface area is 153 Å². The lowest BCUT2D eigenvalue weighted by atomic mass is 10.2. The summed E-state index contributed by atoms with van der Waals surface area (Å²) in [5, 5.41) is 11.7. The molecule has 0 aliphatic heterocycles. The molecule has 2 aromatic rings. The molecule has 1 aromatic carbocycles. The number of aromatic nitrogens is 2. The van der Waals surface area contributed by atoms with Crippen LogP contribution in [0.1, 0.15) is 31.2 Å². The topological polar surface area (TPSA) is 101 Å². The van der Waals surface area contributed by atoms with Crippen LogP contribution in [0.15, 0.2) is 33.6 Å². The van der Waals surface area contributed by atoms with E-state index in [0.717, 1.165) is 5.01 Å². The van der Waals surface area contributed by atoms with Crippen LogP contribution in [0, 0.1) is 0 Å². The number of sulfonamides is 1. The molecule has 0 radical (unpaired) electrons. The third-order valence-corrected chi connectivity index (χ3v) is 6.56. The maximum atomic E-state index is 12.2. The molecule has 0 spiro atoms. The number of anilines is 1. The van der Waals surface area contributed by atoms with Crippen molar-refractivity contribution in [3.8, 4) is 0 Å². The van der Waals surface area contributed by atoms with Crippen molar-refractivity contribution in [2.45, 2.75) is 31.1 Å². The number of benzene rings is 1. The maximum Gasteiger partial charge on any atom is 0.241 e. The Hall–Kier alpha value is -1.36. The Morgan fingerprint density at radius 1 is 1.29 bits per heavy atom. The summed E-state index contributed by atoms with van der Waals surface area (Å²) in [4.78, 5) is 12.0. The number of hydrogen-bond donors (Lipinski definition) is 2. The number of carbonyl (C=O) groups is 1. The zero-order valence-corrected chi connectivity index (χ0v) is 16.3. The van der Waals surface area contributed by atoms with Gasteiger partial charge in [-0.2, -0.15) is 0 Å². The van der Waals surface area contributed by atoms with Crippen molar-refractivity contribution in [1.82, 2.24) is 14.9 Å². The van der Waals surface area contributed by atoms with Gasteiger partial charge in [0.05, 0.1) is 4.90 Å². The second kappa shape index (κ2) is 8.15. The number of halogens is 1.